The van der Waals surface area contributed by atoms with Gasteiger partial charge in [-0.25, -0.2) is 4.99 Å². The maximum absolute atomic E-state index is 10.5. The van der Waals surface area contributed by atoms with E-state index in [0.717, 1.165) is 30.9 Å². The highest BCUT2D eigenvalue weighted by Gasteiger charge is 2.14. The highest BCUT2D eigenvalue weighted by molar-refractivity contribution is 5.86. The van der Waals surface area contributed by atoms with Crippen molar-refractivity contribution in [2.24, 2.45) is 4.99 Å². The molecular weight excluding hydrogens is 206 g/mol. The van der Waals surface area contributed by atoms with Crippen molar-refractivity contribution in [2.45, 2.75) is 12.8 Å². The van der Waals surface area contributed by atoms with E-state index in [0.29, 0.717) is 0 Å². The van der Waals surface area contributed by atoms with Crippen molar-refractivity contribution in [3.05, 3.63) is 34.4 Å². The number of nitro benzene ring substituents is 1. The molecule has 2 rings (SSSR count). The van der Waals surface area contributed by atoms with Gasteiger partial charge in [0.2, 0.25) is 0 Å². The topological polar surface area (TPSA) is 58.7 Å². The number of amidine groups is 1. The fraction of sp³-hybridized carbons (Fsp3) is 0.364. The third-order valence-corrected chi connectivity index (χ3v) is 2.65. The lowest BCUT2D eigenvalue weighted by molar-refractivity contribution is -0.384. The summed E-state index contributed by atoms with van der Waals surface area (Å²) >= 11 is 0. The number of hydrogen-bond donors (Lipinski definition) is 0. The molecule has 1 aromatic rings. The molecule has 5 heteroatoms. The first-order valence-electron chi connectivity index (χ1n) is 5.20. The number of nitro groups is 1. The van der Waals surface area contributed by atoms with Crippen molar-refractivity contribution in [3.63, 3.8) is 0 Å². The molecule has 1 aliphatic rings. The SMILES string of the molecule is CN1CCCC1=Nc1ccc([N+](=O)[O-])cc1. The molecule has 1 aliphatic heterocycles. The Bertz CT molecular complexity index is 425. The van der Waals surface area contributed by atoms with Crippen LogP contribution in [0.2, 0.25) is 0 Å². The average Bonchev–Trinajstić information content (AvgIpc) is 2.65. The number of likely N-dealkylation sites (tertiary alicyclic amines) is 1. The summed E-state index contributed by atoms with van der Waals surface area (Å²) in [6, 6.07) is 6.32. The highest BCUT2D eigenvalue weighted by Crippen LogP contribution is 2.20. The van der Waals surface area contributed by atoms with E-state index in [1.54, 1.807) is 12.1 Å². The van der Waals surface area contributed by atoms with E-state index in [4.69, 9.17) is 0 Å². The van der Waals surface area contributed by atoms with Crippen molar-refractivity contribution in [1.29, 1.82) is 0 Å². The first kappa shape index (κ1) is 10.6. The van der Waals surface area contributed by atoms with E-state index in [1.807, 2.05) is 7.05 Å². The lowest BCUT2D eigenvalue weighted by atomic mass is 10.3. The minimum atomic E-state index is -0.404. The summed E-state index contributed by atoms with van der Waals surface area (Å²) in [5, 5.41) is 10.5. The van der Waals surface area contributed by atoms with Crippen LogP contribution in [0.3, 0.4) is 0 Å². The Morgan fingerprint density at radius 1 is 1.38 bits per heavy atom. The number of non-ortho nitro benzene ring substituents is 1. The second kappa shape index (κ2) is 4.30. The number of hydrogen-bond acceptors (Lipinski definition) is 3. The van der Waals surface area contributed by atoms with Gasteiger partial charge in [-0.2, -0.15) is 0 Å². The van der Waals surface area contributed by atoms with Crippen LogP contribution in [0.25, 0.3) is 0 Å². The van der Waals surface area contributed by atoms with Crippen LogP contribution >= 0.6 is 0 Å². The highest BCUT2D eigenvalue weighted by atomic mass is 16.6. The summed E-state index contributed by atoms with van der Waals surface area (Å²) in [5.41, 5.74) is 0.873. The molecule has 0 aromatic heterocycles. The molecule has 0 bridgehead atoms. The number of benzene rings is 1. The number of rotatable bonds is 2. The molecule has 84 valence electrons. The van der Waals surface area contributed by atoms with Gasteiger partial charge in [0.1, 0.15) is 5.84 Å². The maximum Gasteiger partial charge on any atom is 0.269 e. The van der Waals surface area contributed by atoms with Gasteiger partial charge < -0.3 is 4.90 Å². The molecule has 0 atom stereocenters. The van der Waals surface area contributed by atoms with Crippen LogP contribution < -0.4 is 0 Å². The molecular formula is C11H13N3O2. The molecule has 0 saturated carbocycles. The smallest absolute Gasteiger partial charge is 0.269 e. The van der Waals surface area contributed by atoms with E-state index >= 15 is 0 Å². The van der Waals surface area contributed by atoms with Crippen LogP contribution in [-0.2, 0) is 0 Å². The Labute approximate surface area is 93.6 Å². The van der Waals surface area contributed by atoms with Crippen LogP contribution in [0.15, 0.2) is 29.3 Å². The van der Waals surface area contributed by atoms with Gasteiger partial charge >= 0.3 is 0 Å². The lowest BCUT2D eigenvalue weighted by Gasteiger charge is -2.10. The Morgan fingerprint density at radius 2 is 2.06 bits per heavy atom. The molecule has 1 aromatic carbocycles. The zero-order valence-electron chi connectivity index (χ0n) is 9.09. The standard InChI is InChI=1S/C11H13N3O2/c1-13-8-2-3-11(13)12-9-4-6-10(7-5-9)14(15)16/h4-7H,2-3,8H2,1H3. The van der Waals surface area contributed by atoms with Crippen LogP contribution in [0, 0.1) is 10.1 Å². The van der Waals surface area contributed by atoms with Gasteiger partial charge in [0, 0.05) is 32.1 Å². The van der Waals surface area contributed by atoms with Gasteiger partial charge in [-0.15, -0.1) is 0 Å². The maximum atomic E-state index is 10.5. The van der Waals surface area contributed by atoms with Gasteiger partial charge in [0.05, 0.1) is 10.6 Å². The van der Waals surface area contributed by atoms with Crippen LogP contribution in [-0.4, -0.2) is 29.3 Å². The normalized spacial score (nSPS) is 18.1. The zero-order chi connectivity index (χ0) is 11.5. The second-order valence-electron chi connectivity index (χ2n) is 3.83. The Kier molecular flexibility index (Phi) is 2.85. The molecule has 1 saturated heterocycles. The summed E-state index contributed by atoms with van der Waals surface area (Å²) in [6.45, 7) is 1.03. The van der Waals surface area contributed by atoms with Crippen LogP contribution in [0.1, 0.15) is 12.8 Å². The van der Waals surface area contributed by atoms with E-state index < -0.39 is 4.92 Å². The first-order valence-corrected chi connectivity index (χ1v) is 5.20. The quantitative estimate of drug-likeness (QED) is 0.566. The fourth-order valence-corrected chi connectivity index (χ4v) is 1.73. The molecule has 0 spiro atoms. The molecule has 1 fully saturated rings. The number of aliphatic imine (C=N–C) groups is 1. The predicted molar refractivity (Wildman–Crippen MR) is 62.1 cm³/mol. The summed E-state index contributed by atoms with van der Waals surface area (Å²) in [6.07, 6.45) is 2.11. The average molecular weight is 219 g/mol. The molecule has 0 unspecified atom stereocenters. The largest absolute Gasteiger partial charge is 0.363 e. The third-order valence-electron chi connectivity index (χ3n) is 2.65. The summed E-state index contributed by atoms with van der Waals surface area (Å²) < 4.78 is 0. The molecule has 16 heavy (non-hydrogen) atoms. The van der Waals surface area contributed by atoms with E-state index in [1.165, 1.54) is 12.1 Å². The molecule has 0 N–H and O–H groups in total. The van der Waals surface area contributed by atoms with E-state index in [9.17, 15) is 10.1 Å². The minimum absolute atomic E-state index is 0.101. The fourth-order valence-electron chi connectivity index (χ4n) is 1.73. The predicted octanol–water partition coefficient (Wildman–Crippen LogP) is 2.35. The van der Waals surface area contributed by atoms with Crippen molar-refractivity contribution < 1.29 is 4.92 Å². The van der Waals surface area contributed by atoms with E-state index in [2.05, 4.69) is 9.89 Å². The van der Waals surface area contributed by atoms with Gasteiger partial charge in [0.25, 0.3) is 5.69 Å². The van der Waals surface area contributed by atoms with Gasteiger partial charge in [0.15, 0.2) is 0 Å². The van der Waals surface area contributed by atoms with Crippen LogP contribution in [0.5, 0.6) is 0 Å². The van der Waals surface area contributed by atoms with Crippen molar-refractivity contribution in [3.8, 4) is 0 Å². The summed E-state index contributed by atoms with van der Waals surface area (Å²) in [5.74, 6) is 1.05. The van der Waals surface area contributed by atoms with Gasteiger partial charge in [-0.05, 0) is 18.6 Å². The van der Waals surface area contributed by atoms with Crippen molar-refractivity contribution >= 4 is 17.2 Å². The first-order chi connectivity index (χ1) is 7.66. The molecule has 1 heterocycles. The zero-order valence-corrected chi connectivity index (χ0v) is 9.09. The molecule has 5 nitrogen and oxygen atoms in total. The molecule has 0 aliphatic carbocycles. The minimum Gasteiger partial charge on any atom is -0.363 e. The molecule has 0 radical (unpaired) electrons. The summed E-state index contributed by atoms with van der Waals surface area (Å²) in [4.78, 5) is 16.6. The summed E-state index contributed by atoms with van der Waals surface area (Å²) in [7, 11) is 2.01. The third kappa shape index (κ3) is 2.18. The molecule has 0 amide bonds. The Balaban J connectivity index is 2.19. The second-order valence-corrected chi connectivity index (χ2v) is 3.83. The van der Waals surface area contributed by atoms with Crippen molar-refractivity contribution in [2.75, 3.05) is 13.6 Å². The van der Waals surface area contributed by atoms with Gasteiger partial charge in [-0.1, -0.05) is 0 Å². The lowest BCUT2D eigenvalue weighted by Crippen LogP contribution is -2.18. The van der Waals surface area contributed by atoms with Gasteiger partial charge in [-0.3, -0.25) is 10.1 Å². The van der Waals surface area contributed by atoms with E-state index in [-0.39, 0.29) is 5.69 Å². The Morgan fingerprint density at radius 3 is 2.56 bits per heavy atom. The monoisotopic (exact) mass is 219 g/mol. The van der Waals surface area contributed by atoms with Crippen molar-refractivity contribution in [1.82, 2.24) is 4.90 Å². The number of nitrogens with zero attached hydrogens (tertiary/aromatic N) is 3. The van der Waals surface area contributed by atoms with Crippen LogP contribution in [0.4, 0.5) is 11.4 Å². The Hall–Kier alpha value is -1.91.